The number of carboxylic acid groups (broad SMARTS) is 1. The van der Waals surface area contributed by atoms with Crippen LogP contribution >= 0.6 is 24.0 Å². The van der Waals surface area contributed by atoms with Crippen molar-refractivity contribution in [2.45, 2.75) is 5.44 Å². The average molecular weight is 228 g/mol. The minimum Gasteiger partial charge on any atom is -0.479 e. The average Bonchev–Trinajstić information content (AvgIpc) is 2.19. The summed E-state index contributed by atoms with van der Waals surface area (Å²) in [4.78, 5) is 10.3. The van der Waals surface area contributed by atoms with Crippen LogP contribution in [0.3, 0.4) is 0 Å². The molecule has 0 saturated carbocycles. The highest BCUT2D eigenvalue weighted by atomic mass is 32.2. The normalized spacial score (nSPS) is 12.1. The Kier molecular flexibility index (Phi) is 4.06. The first kappa shape index (κ1) is 11.2. The van der Waals surface area contributed by atoms with E-state index < -0.39 is 11.4 Å². The quantitative estimate of drug-likeness (QED) is 0.606. The maximum atomic E-state index is 10.3. The summed E-state index contributed by atoms with van der Waals surface area (Å²) < 4.78 is 0.375. The van der Waals surface area contributed by atoms with Crippen LogP contribution in [0.2, 0.25) is 0 Å². The van der Waals surface area contributed by atoms with Gasteiger partial charge in [-0.15, -0.1) is 0 Å². The highest BCUT2D eigenvalue weighted by molar-refractivity contribution is 8.24. The van der Waals surface area contributed by atoms with Crippen molar-refractivity contribution < 1.29 is 15.0 Å². The number of thioether (sulfide) groups is 1. The maximum Gasteiger partial charge on any atom is 0.343 e. The zero-order chi connectivity index (χ0) is 10.6. The van der Waals surface area contributed by atoms with E-state index >= 15 is 0 Å². The number of carboxylic acids is 1. The van der Waals surface area contributed by atoms with Crippen LogP contribution in [0.5, 0.6) is 0 Å². The fourth-order valence-electron chi connectivity index (χ4n) is 0.794. The number of benzene rings is 1. The number of carbonyl (C=O) groups is 1. The van der Waals surface area contributed by atoms with Crippen LogP contribution in [0.15, 0.2) is 30.3 Å². The second-order valence-electron chi connectivity index (χ2n) is 2.46. The van der Waals surface area contributed by atoms with Crippen LogP contribution in [-0.2, 0) is 4.79 Å². The second kappa shape index (κ2) is 5.09. The molecule has 1 rings (SSSR count). The van der Waals surface area contributed by atoms with Gasteiger partial charge in [-0.2, -0.15) is 0 Å². The molecule has 14 heavy (non-hydrogen) atoms. The zero-order valence-corrected chi connectivity index (χ0v) is 8.72. The Balaban J connectivity index is 2.64. The van der Waals surface area contributed by atoms with Gasteiger partial charge in [0.05, 0.1) is 4.20 Å². The zero-order valence-electron chi connectivity index (χ0n) is 7.08. The van der Waals surface area contributed by atoms with Gasteiger partial charge in [0.15, 0.2) is 0 Å². The van der Waals surface area contributed by atoms with Crippen molar-refractivity contribution in [3.8, 4) is 0 Å². The second-order valence-corrected chi connectivity index (χ2v) is 4.22. The predicted octanol–water partition coefficient (Wildman–Crippen LogP) is 1.50. The molecule has 74 valence electrons. The molecule has 2 N–H and O–H groups in total. The maximum absolute atomic E-state index is 10.3. The van der Waals surface area contributed by atoms with Gasteiger partial charge in [-0.25, -0.2) is 4.79 Å². The summed E-state index contributed by atoms with van der Waals surface area (Å²) >= 11 is 5.70. The van der Waals surface area contributed by atoms with Gasteiger partial charge in [0, 0.05) is 0 Å². The molecule has 5 heteroatoms. The standard InChI is InChI=1S/C9H8O3S2/c10-7(11)8(12)14-9(13)6-4-2-1-3-5-6/h1-5,8,12H,(H,10,11). The Morgan fingerprint density at radius 2 is 1.93 bits per heavy atom. The molecule has 0 fully saturated rings. The Morgan fingerprint density at radius 1 is 1.36 bits per heavy atom. The Morgan fingerprint density at radius 3 is 2.43 bits per heavy atom. The van der Waals surface area contributed by atoms with Gasteiger partial charge in [-0.3, -0.25) is 0 Å². The molecule has 0 bridgehead atoms. The number of aliphatic hydroxyl groups excluding tert-OH is 1. The molecule has 0 aliphatic rings. The van der Waals surface area contributed by atoms with Crippen molar-refractivity contribution in [1.29, 1.82) is 0 Å². The molecule has 0 spiro atoms. The lowest BCUT2D eigenvalue weighted by Crippen LogP contribution is -2.17. The number of aliphatic hydroxyl groups is 1. The summed E-state index contributed by atoms with van der Waals surface area (Å²) in [5.74, 6) is -1.28. The number of rotatable bonds is 3. The lowest BCUT2D eigenvalue weighted by atomic mass is 10.2. The largest absolute Gasteiger partial charge is 0.479 e. The molecule has 0 heterocycles. The molecule has 0 aliphatic heterocycles. The van der Waals surface area contributed by atoms with Crippen molar-refractivity contribution in [2.75, 3.05) is 0 Å². The van der Waals surface area contributed by atoms with Crippen molar-refractivity contribution >= 4 is 34.1 Å². The molecule has 0 saturated heterocycles. The molecule has 0 aromatic heterocycles. The molecular formula is C9H8O3S2. The van der Waals surface area contributed by atoms with E-state index in [2.05, 4.69) is 0 Å². The van der Waals surface area contributed by atoms with E-state index in [0.29, 0.717) is 4.20 Å². The molecule has 1 atom stereocenters. The van der Waals surface area contributed by atoms with Gasteiger partial charge in [0.2, 0.25) is 5.44 Å². The van der Waals surface area contributed by atoms with E-state index in [4.69, 9.17) is 22.4 Å². The topological polar surface area (TPSA) is 57.5 Å². The molecule has 0 aliphatic carbocycles. The monoisotopic (exact) mass is 228 g/mol. The Bertz CT molecular complexity index is 337. The molecule has 0 amide bonds. The van der Waals surface area contributed by atoms with Crippen LogP contribution in [0.25, 0.3) is 0 Å². The Hall–Kier alpha value is -0.910. The van der Waals surface area contributed by atoms with E-state index in [1.54, 1.807) is 24.3 Å². The van der Waals surface area contributed by atoms with Crippen molar-refractivity contribution in [3.05, 3.63) is 35.9 Å². The van der Waals surface area contributed by atoms with Crippen LogP contribution in [-0.4, -0.2) is 25.8 Å². The van der Waals surface area contributed by atoms with E-state index in [1.165, 1.54) is 0 Å². The first-order valence-corrected chi connectivity index (χ1v) is 5.07. The number of hydrogen-bond acceptors (Lipinski definition) is 4. The molecule has 1 unspecified atom stereocenters. The first-order chi connectivity index (χ1) is 6.61. The molecule has 1 aromatic carbocycles. The van der Waals surface area contributed by atoms with E-state index in [1.807, 2.05) is 6.07 Å². The fourth-order valence-corrected chi connectivity index (χ4v) is 1.78. The third-order valence-corrected chi connectivity index (χ3v) is 2.84. The number of hydrogen-bond donors (Lipinski definition) is 2. The van der Waals surface area contributed by atoms with Gasteiger partial charge in [-0.1, -0.05) is 54.3 Å². The summed E-state index contributed by atoms with van der Waals surface area (Å²) in [6.45, 7) is 0. The van der Waals surface area contributed by atoms with E-state index in [9.17, 15) is 4.79 Å². The molecule has 3 nitrogen and oxygen atoms in total. The predicted molar refractivity (Wildman–Crippen MR) is 59.4 cm³/mol. The van der Waals surface area contributed by atoms with Crippen molar-refractivity contribution in [1.82, 2.24) is 0 Å². The summed E-state index contributed by atoms with van der Waals surface area (Å²) in [5, 5.41) is 17.5. The lowest BCUT2D eigenvalue weighted by molar-refractivity contribution is -0.141. The molecular weight excluding hydrogens is 220 g/mol. The first-order valence-electron chi connectivity index (χ1n) is 3.78. The minimum absolute atomic E-state index is 0.375. The number of aliphatic carboxylic acids is 1. The summed E-state index contributed by atoms with van der Waals surface area (Å²) in [5.41, 5.74) is -0.754. The van der Waals surface area contributed by atoms with Crippen LogP contribution in [0.4, 0.5) is 0 Å². The van der Waals surface area contributed by atoms with Gasteiger partial charge >= 0.3 is 5.97 Å². The summed E-state index contributed by atoms with van der Waals surface area (Å²) in [7, 11) is 0. The SMILES string of the molecule is O=C(O)C(O)SC(=S)c1ccccc1. The minimum atomic E-state index is -1.50. The van der Waals surface area contributed by atoms with Gasteiger partial charge < -0.3 is 10.2 Å². The van der Waals surface area contributed by atoms with Crippen LogP contribution < -0.4 is 0 Å². The highest BCUT2D eigenvalue weighted by Crippen LogP contribution is 2.17. The summed E-state index contributed by atoms with van der Waals surface area (Å²) in [6, 6.07) is 8.98. The van der Waals surface area contributed by atoms with Crippen LogP contribution in [0.1, 0.15) is 5.56 Å². The lowest BCUT2D eigenvalue weighted by Gasteiger charge is -2.05. The van der Waals surface area contributed by atoms with E-state index in [0.717, 1.165) is 17.3 Å². The Labute approximate surface area is 90.8 Å². The van der Waals surface area contributed by atoms with Gasteiger partial charge in [-0.05, 0) is 5.56 Å². The third-order valence-electron chi connectivity index (χ3n) is 1.44. The smallest absolute Gasteiger partial charge is 0.343 e. The van der Waals surface area contributed by atoms with E-state index in [-0.39, 0.29) is 0 Å². The third kappa shape index (κ3) is 3.10. The van der Waals surface area contributed by atoms with Crippen molar-refractivity contribution in [3.63, 3.8) is 0 Å². The summed E-state index contributed by atoms with van der Waals surface area (Å²) in [6.07, 6.45) is 0. The van der Waals surface area contributed by atoms with Gasteiger partial charge in [0.1, 0.15) is 0 Å². The fraction of sp³-hybridized carbons (Fsp3) is 0.111. The van der Waals surface area contributed by atoms with Crippen LogP contribution in [0, 0.1) is 0 Å². The highest BCUT2D eigenvalue weighted by Gasteiger charge is 2.16. The van der Waals surface area contributed by atoms with Gasteiger partial charge in [0.25, 0.3) is 0 Å². The number of thiocarbonyl (C=S) groups is 1. The molecule has 0 radical (unpaired) electrons. The van der Waals surface area contributed by atoms with Crippen molar-refractivity contribution in [2.24, 2.45) is 0 Å². The molecule has 1 aromatic rings.